The molecule has 0 saturated carbocycles. The van der Waals surface area contributed by atoms with Crippen molar-refractivity contribution in [2.45, 2.75) is 142 Å². The van der Waals surface area contributed by atoms with Crippen molar-refractivity contribution in [3.8, 4) is 0 Å². The van der Waals surface area contributed by atoms with Crippen molar-refractivity contribution in [1.82, 2.24) is 10.6 Å². The Hall–Kier alpha value is -0.290. The molecule has 0 amide bonds. The van der Waals surface area contributed by atoms with E-state index < -0.39 is 10.4 Å². The van der Waals surface area contributed by atoms with Crippen molar-refractivity contribution in [3.63, 3.8) is 0 Å². The molecular formula is C28H60N2O6S. The fourth-order valence-electron chi connectivity index (χ4n) is 4.62. The number of unbranched alkanes of at least 4 members (excludes halogenated alkanes) is 14. The minimum Gasteiger partial charge on any atom is -0.376 e. The number of rotatable bonds is 18. The maximum absolute atomic E-state index is 8.74. The molecule has 0 aromatic heterocycles. The highest BCUT2D eigenvalue weighted by Crippen LogP contribution is 2.13. The molecule has 224 valence electrons. The SMILES string of the molecule is CCCCCCCCCCC1CNCCO1.CCCCCCCCCCC1CNCCO1.O=S(=O)(O)O. The Labute approximate surface area is 229 Å². The molecule has 0 aromatic carbocycles. The van der Waals surface area contributed by atoms with Gasteiger partial charge in [0, 0.05) is 26.2 Å². The van der Waals surface area contributed by atoms with E-state index in [0.29, 0.717) is 12.2 Å². The molecule has 2 fully saturated rings. The van der Waals surface area contributed by atoms with Gasteiger partial charge < -0.3 is 20.1 Å². The van der Waals surface area contributed by atoms with Crippen LogP contribution in [0, 0.1) is 0 Å². The van der Waals surface area contributed by atoms with Crippen molar-refractivity contribution >= 4 is 10.4 Å². The standard InChI is InChI=1S/2C14H29NO.H2O4S/c2*1-2-3-4-5-6-7-8-9-10-14-13-15-11-12-16-14;1-5(2,3)4/h2*14-15H,2-13H2,1H3;(H2,1,2,3,4). The maximum Gasteiger partial charge on any atom is 0.394 e. The molecule has 2 atom stereocenters. The maximum atomic E-state index is 8.74. The Morgan fingerprint density at radius 2 is 0.892 bits per heavy atom. The van der Waals surface area contributed by atoms with Gasteiger partial charge >= 0.3 is 10.4 Å². The zero-order chi connectivity index (χ0) is 27.5. The van der Waals surface area contributed by atoms with Crippen molar-refractivity contribution in [1.29, 1.82) is 0 Å². The molecule has 4 N–H and O–H groups in total. The molecule has 2 rings (SSSR count). The summed E-state index contributed by atoms with van der Waals surface area (Å²) >= 11 is 0. The molecule has 0 aromatic rings. The summed E-state index contributed by atoms with van der Waals surface area (Å²) in [5.41, 5.74) is 0. The number of morpholine rings is 2. The molecule has 9 heteroatoms. The highest BCUT2D eigenvalue weighted by atomic mass is 32.3. The van der Waals surface area contributed by atoms with Gasteiger partial charge in [-0.05, 0) is 12.8 Å². The molecule has 2 aliphatic heterocycles. The van der Waals surface area contributed by atoms with Crippen LogP contribution < -0.4 is 10.6 Å². The third-order valence-electron chi connectivity index (χ3n) is 6.77. The first-order chi connectivity index (χ1) is 17.9. The molecule has 0 aliphatic carbocycles. The smallest absolute Gasteiger partial charge is 0.376 e. The van der Waals surface area contributed by atoms with E-state index >= 15 is 0 Å². The predicted octanol–water partition coefficient (Wildman–Crippen LogP) is 6.36. The van der Waals surface area contributed by atoms with Crippen molar-refractivity contribution in [3.05, 3.63) is 0 Å². The molecular weight excluding hydrogens is 492 g/mol. The molecule has 37 heavy (non-hydrogen) atoms. The van der Waals surface area contributed by atoms with Gasteiger partial charge in [0.05, 0.1) is 25.4 Å². The summed E-state index contributed by atoms with van der Waals surface area (Å²) in [6, 6.07) is 0. The van der Waals surface area contributed by atoms with Crippen molar-refractivity contribution in [2.24, 2.45) is 0 Å². The van der Waals surface area contributed by atoms with E-state index in [1.807, 2.05) is 0 Å². The Kier molecular flexibility index (Phi) is 27.1. The van der Waals surface area contributed by atoms with Gasteiger partial charge in [-0.15, -0.1) is 0 Å². The largest absolute Gasteiger partial charge is 0.394 e. The summed E-state index contributed by atoms with van der Waals surface area (Å²) in [6.45, 7) is 10.6. The summed E-state index contributed by atoms with van der Waals surface area (Å²) < 4.78 is 42.9. The quantitative estimate of drug-likeness (QED) is 0.115. The lowest BCUT2D eigenvalue weighted by atomic mass is 10.1. The Morgan fingerprint density at radius 3 is 1.16 bits per heavy atom. The lowest BCUT2D eigenvalue weighted by molar-refractivity contribution is 0.0219. The van der Waals surface area contributed by atoms with E-state index in [1.54, 1.807) is 0 Å². The van der Waals surface area contributed by atoms with E-state index in [2.05, 4.69) is 24.5 Å². The van der Waals surface area contributed by atoms with E-state index in [9.17, 15) is 0 Å². The van der Waals surface area contributed by atoms with E-state index in [1.165, 1.54) is 116 Å². The molecule has 2 unspecified atom stereocenters. The topological polar surface area (TPSA) is 117 Å². The highest BCUT2D eigenvalue weighted by molar-refractivity contribution is 7.79. The van der Waals surface area contributed by atoms with Crippen LogP contribution in [0.5, 0.6) is 0 Å². The number of hydrogen-bond acceptors (Lipinski definition) is 6. The van der Waals surface area contributed by atoms with Gasteiger partial charge in [0.15, 0.2) is 0 Å². The molecule has 8 nitrogen and oxygen atoms in total. The average Bonchev–Trinajstić information content (AvgIpc) is 2.88. The van der Waals surface area contributed by atoms with Crippen LogP contribution in [-0.4, -0.2) is 69.1 Å². The van der Waals surface area contributed by atoms with Crippen molar-refractivity contribution in [2.75, 3.05) is 39.4 Å². The van der Waals surface area contributed by atoms with E-state index in [-0.39, 0.29) is 0 Å². The van der Waals surface area contributed by atoms with Gasteiger partial charge in [-0.1, -0.05) is 117 Å². The van der Waals surface area contributed by atoms with Gasteiger partial charge in [0.2, 0.25) is 0 Å². The Balaban J connectivity index is 0.000000594. The van der Waals surface area contributed by atoms with E-state index in [0.717, 1.165) is 39.4 Å². The molecule has 0 spiro atoms. The number of nitrogens with one attached hydrogen (secondary N) is 2. The normalized spacial score (nSPS) is 19.9. The highest BCUT2D eigenvalue weighted by Gasteiger charge is 2.12. The lowest BCUT2D eigenvalue weighted by Crippen LogP contribution is -2.38. The second-order valence-electron chi connectivity index (χ2n) is 10.4. The first-order valence-electron chi connectivity index (χ1n) is 15.2. The van der Waals surface area contributed by atoms with Crippen LogP contribution in [0.4, 0.5) is 0 Å². The predicted molar refractivity (Wildman–Crippen MR) is 154 cm³/mol. The summed E-state index contributed by atoms with van der Waals surface area (Å²) in [5, 5.41) is 6.77. The summed E-state index contributed by atoms with van der Waals surface area (Å²) in [5.74, 6) is 0. The molecule has 0 radical (unpaired) electrons. The van der Waals surface area contributed by atoms with Crippen LogP contribution in [0.2, 0.25) is 0 Å². The third kappa shape index (κ3) is 31.8. The second kappa shape index (κ2) is 27.3. The van der Waals surface area contributed by atoms with Crippen LogP contribution in [-0.2, 0) is 19.9 Å². The van der Waals surface area contributed by atoms with Crippen LogP contribution in [0.25, 0.3) is 0 Å². The Morgan fingerprint density at radius 1 is 0.595 bits per heavy atom. The van der Waals surface area contributed by atoms with Gasteiger partial charge in [-0.3, -0.25) is 9.11 Å². The minimum absolute atomic E-state index is 0.494. The Bertz CT molecular complexity index is 511. The first kappa shape index (κ1) is 36.7. The summed E-state index contributed by atoms with van der Waals surface area (Å²) in [7, 11) is -4.67. The van der Waals surface area contributed by atoms with Gasteiger partial charge in [0.25, 0.3) is 0 Å². The van der Waals surface area contributed by atoms with Crippen LogP contribution in [0.3, 0.4) is 0 Å². The van der Waals surface area contributed by atoms with Crippen LogP contribution in [0.1, 0.15) is 129 Å². The van der Waals surface area contributed by atoms with Gasteiger partial charge in [-0.25, -0.2) is 0 Å². The molecule has 2 saturated heterocycles. The molecule has 2 heterocycles. The summed E-state index contributed by atoms with van der Waals surface area (Å²) in [6.07, 6.45) is 26.0. The third-order valence-corrected chi connectivity index (χ3v) is 6.77. The molecule has 2 aliphatic rings. The van der Waals surface area contributed by atoms with Crippen LogP contribution >= 0.6 is 0 Å². The number of ether oxygens (including phenoxy) is 2. The fourth-order valence-corrected chi connectivity index (χ4v) is 4.62. The monoisotopic (exact) mass is 552 g/mol. The second-order valence-corrected chi connectivity index (χ2v) is 11.3. The zero-order valence-corrected chi connectivity index (χ0v) is 24.9. The van der Waals surface area contributed by atoms with Gasteiger partial charge in [-0.2, -0.15) is 8.42 Å². The first-order valence-corrected chi connectivity index (χ1v) is 16.6. The average molecular weight is 553 g/mol. The summed E-state index contributed by atoms with van der Waals surface area (Å²) in [4.78, 5) is 0. The zero-order valence-electron chi connectivity index (χ0n) is 24.1. The lowest BCUT2D eigenvalue weighted by Gasteiger charge is -2.23. The van der Waals surface area contributed by atoms with Crippen LogP contribution in [0.15, 0.2) is 0 Å². The fraction of sp³-hybridized carbons (Fsp3) is 1.00. The minimum atomic E-state index is -4.67. The number of hydrogen-bond donors (Lipinski definition) is 4. The van der Waals surface area contributed by atoms with Gasteiger partial charge in [0.1, 0.15) is 0 Å². The molecule has 0 bridgehead atoms. The van der Waals surface area contributed by atoms with E-state index in [4.69, 9.17) is 27.0 Å². The van der Waals surface area contributed by atoms with Crippen molar-refractivity contribution < 1.29 is 27.0 Å².